The molecule has 23 heavy (non-hydrogen) atoms. The summed E-state index contributed by atoms with van der Waals surface area (Å²) in [5.74, 6) is -0.374. The van der Waals surface area contributed by atoms with E-state index in [-0.39, 0.29) is 5.91 Å². The topological polar surface area (TPSA) is 99.0 Å². The number of methoxy groups -OCH3 is 1. The molecule has 3 aromatic rings. The molecule has 3 heterocycles. The zero-order valence-electron chi connectivity index (χ0n) is 12.0. The fraction of sp³-hybridized carbons (Fsp3) is 0.0714. The van der Waals surface area contributed by atoms with Gasteiger partial charge in [-0.2, -0.15) is 5.10 Å². The maximum Gasteiger partial charge on any atom is 0.348 e. The Labute approximate surface area is 134 Å². The highest BCUT2D eigenvalue weighted by molar-refractivity contribution is 7.16. The fourth-order valence-electron chi connectivity index (χ4n) is 1.85. The van der Waals surface area contributed by atoms with Gasteiger partial charge in [-0.15, -0.1) is 11.3 Å². The lowest BCUT2D eigenvalue weighted by Gasteiger charge is -2.08. The van der Waals surface area contributed by atoms with Crippen LogP contribution in [0, 0.1) is 0 Å². The number of nitrogens with one attached hydrogen (secondary N) is 1. The van der Waals surface area contributed by atoms with Crippen molar-refractivity contribution in [3.63, 3.8) is 0 Å². The van der Waals surface area contributed by atoms with E-state index in [4.69, 9.17) is 0 Å². The molecule has 0 atom stereocenters. The zero-order valence-corrected chi connectivity index (χ0v) is 12.8. The molecule has 0 spiro atoms. The summed E-state index contributed by atoms with van der Waals surface area (Å²) in [6.45, 7) is 0. The van der Waals surface area contributed by atoms with E-state index in [1.165, 1.54) is 24.4 Å². The molecule has 0 saturated heterocycles. The van der Waals surface area contributed by atoms with Crippen molar-refractivity contribution >= 4 is 28.9 Å². The number of hydrogen-bond acceptors (Lipinski definition) is 7. The van der Waals surface area contributed by atoms with Gasteiger partial charge in [-0.25, -0.2) is 19.4 Å². The fourth-order valence-corrected chi connectivity index (χ4v) is 2.67. The molecule has 8 nitrogen and oxygen atoms in total. The van der Waals surface area contributed by atoms with Crippen LogP contribution in [0.5, 0.6) is 0 Å². The molecule has 0 aromatic carbocycles. The van der Waals surface area contributed by atoms with Gasteiger partial charge in [0.2, 0.25) is 0 Å². The van der Waals surface area contributed by atoms with Crippen LogP contribution in [0.25, 0.3) is 5.82 Å². The van der Waals surface area contributed by atoms with E-state index >= 15 is 0 Å². The maximum atomic E-state index is 12.3. The lowest BCUT2D eigenvalue weighted by molar-refractivity contribution is 0.0606. The molecule has 9 heteroatoms. The summed E-state index contributed by atoms with van der Waals surface area (Å²) < 4.78 is 6.08. The van der Waals surface area contributed by atoms with Gasteiger partial charge in [-0.1, -0.05) is 0 Å². The predicted octanol–water partition coefficient (Wildman–Crippen LogP) is 1.76. The summed E-state index contributed by atoms with van der Waals surface area (Å²) in [5.41, 5.74) is 0.482. The van der Waals surface area contributed by atoms with Crippen molar-refractivity contribution in [1.82, 2.24) is 19.7 Å². The van der Waals surface area contributed by atoms with Crippen molar-refractivity contribution in [2.24, 2.45) is 0 Å². The number of pyridine rings is 1. The molecule has 0 bridgehead atoms. The lowest BCUT2D eigenvalue weighted by Crippen LogP contribution is -2.13. The van der Waals surface area contributed by atoms with Crippen LogP contribution < -0.4 is 5.32 Å². The van der Waals surface area contributed by atoms with Crippen molar-refractivity contribution in [2.75, 3.05) is 12.4 Å². The van der Waals surface area contributed by atoms with Crippen LogP contribution in [0.3, 0.4) is 0 Å². The molecule has 116 valence electrons. The van der Waals surface area contributed by atoms with Crippen molar-refractivity contribution in [3.8, 4) is 5.82 Å². The van der Waals surface area contributed by atoms with E-state index in [1.807, 2.05) is 0 Å². The summed E-state index contributed by atoms with van der Waals surface area (Å²) in [6.07, 6.45) is 4.45. The first-order valence-electron chi connectivity index (χ1n) is 6.48. The largest absolute Gasteiger partial charge is 0.465 e. The van der Waals surface area contributed by atoms with Crippen molar-refractivity contribution in [1.29, 1.82) is 0 Å². The molecular weight excluding hydrogens is 318 g/mol. The number of rotatable bonds is 4. The summed E-state index contributed by atoms with van der Waals surface area (Å²) in [4.78, 5) is 32.6. The molecule has 0 saturated carbocycles. The summed E-state index contributed by atoms with van der Waals surface area (Å²) in [6, 6.07) is 6.52. The van der Waals surface area contributed by atoms with Crippen LogP contribution in [-0.4, -0.2) is 38.7 Å². The Balaban J connectivity index is 1.84. The third-order valence-corrected chi connectivity index (χ3v) is 3.95. The second-order valence-corrected chi connectivity index (χ2v) is 5.41. The SMILES string of the molecule is COC(=O)c1ccc(C(=O)Nc2cccnc2-n2cncn2)s1. The van der Waals surface area contributed by atoms with Crippen molar-refractivity contribution in [2.45, 2.75) is 0 Å². The first-order chi connectivity index (χ1) is 11.2. The van der Waals surface area contributed by atoms with Gasteiger partial charge < -0.3 is 10.1 Å². The first-order valence-corrected chi connectivity index (χ1v) is 7.30. The second-order valence-electron chi connectivity index (χ2n) is 4.32. The average molecular weight is 329 g/mol. The first kappa shape index (κ1) is 14.9. The van der Waals surface area contributed by atoms with Crippen LogP contribution in [0.4, 0.5) is 5.69 Å². The van der Waals surface area contributed by atoms with E-state index in [9.17, 15) is 9.59 Å². The van der Waals surface area contributed by atoms with E-state index in [2.05, 4.69) is 25.1 Å². The molecule has 0 unspecified atom stereocenters. The molecule has 3 rings (SSSR count). The monoisotopic (exact) mass is 329 g/mol. The smallest absolute Gasteiger partial charge is 0.348 e. The standard InChI is InChI=1S/C14H11N5O3S/c1-22-14(21)11-5-4-10(23-11)13(20)18-9-3-2-6-16-12(9)19-8-15-7-17-19/h2-8H,1H3,(H,18,20). The Morgan fingerprint density at radius 3 is 2.83 bits per heavy atom. The number of esters is 1. The number of aromatic nitrogens is 4. The summed E-state index contributed by atoms with van der Waals surface area (Å²) in [5, 5.41) is 6.75. The molecule has 0 fully saturated rings. The molecule has 0 aliphatic carbocycles. The Hall–Kier alpha value is -3.07. The number of carbonyl (C=O) groups excluding carboxylic acids is 2. The maximum absolute atomic E-state index is 12.3. The number of amides is 1. The minimum atomic E-state index is -0.473. The minimum Gasteiger partial charge on any atom is -0.465 e. The Bertz CT molecular complexity index is 844. The van der Waals surface area contributed by atoms with Gasteiger partial charge in [-0.05, 0) is 24.3 Å². The molecule has 0 radical (unpaired) electrons. The Morgan fingerprint density at radius 1 is 1.26 bits per heavy atom. The van der Waals surface area contributed by atoms with Gasteiger partial charge in [-0.3, -0.25) is 4.79 Å². The second kappa shape index (κ2) is 6.36. The quantitative estimate of drug-likeness (QED) is 0.732. The van der Waals surface area contributed by atoms with E-state index < -0.39 is 5.97 Å². The average Bonchev–Trinajstić information content (AvgIpc) is 3.26. The van der Waals surface area contributed by atoms with E-state index in [1.54, 1.807) is 30.5 Å². The highest BCUT2D eigenvalue weighted by atomic mass is 32.1. The van der Waals surface area contributed by atoms with Crippen LogP contribution in [-0.2, 0) is 4.74 Å². The predicted molar refractivity (Wildman–Crippen MR) is 82.8 cm³/mol. The lowest BCUT2D eigenvalue weighted by atomic mass is 10.3. The number of nitrogens with zero attached hydrogens (tertiary/aromatic N) is 4. The van der Waals surface area contributed by atoms with Crippen LogP contribution >= 0.6 is 11.3 Å². The van der Waals surface area contributed by atoms with Crippen LogP contribution in [0.2, 0.25) is 0 Å². The van der Waals surface area contributed by atoms with E-state index in [0.29, 0.717) is 21.3 Å². The summed E-state index contributed by atoms with van der Waals surface area (Å²) >= 11 is 1.05. The number of anilines is 1. The third kappa shape index (κ3) is 3.09. The summed E-state index contributed by atoms with van der Waals surface area (Å²) in [7, 11) is 1.29. The number of thiophene rings is 1. The Morgan fingerprint density at radius 2 is 2.09 bits per heavy atom. The van der Waals surface area contributed by atoms with Gasteiger partial charge in [0.25, 0.3) is 5.91 Å². The van der Waals surface area contributed by atoms with Crippen molar-refractivity contribution in [3.05, 3.63) is 52.9 Å². The highest BCUT2D eigenvalue weighted by Gasteiger charge is 2.16. The van der Waals surface area contributed by atoms with Gasteiger partial charge in [0.1, 0.15) is 17.5 Å². The third-order valence-electron chi connectivity index (χ3n) is 2.89. The molecule has 1 amide bonds. The zero-order chi connectivity index (χ0) is 16.2. The molecule has 1 N–H and O–H groups in total. The molecule has 3 aromatic heterocycles. The van der Waals surface area contributed by atoms with Crippen LogP contribution in [0.15, 0.2) is 43.1 Å². The number of ether oxygens (including phenoxy) is 1. The molecule has 0 aliphatic heterocycles. The van der Waals surface area contributed by atoms with Crippen molar-refractivity contribution < 1.29 is 14.3 Å². The Kier molecular flexibility index (Phi) is 4.11. The molecule has 0 aliphatic rings. The number of carbonyl (C=O) groups is 2. The van der Waals surface area contributed by atoms with Gasteiger partial charge in [0.05, 0.1) is 17.7 Å². The minimum absolute atomic E-state index is 0.348. The normalized spacial score (nSPS) is 10.3. The number of hydrogen-bond donors (Lipinski definition) is 1. The van der Waals surface area contributed by atoms with Gasteiger partial charge in [0.15, 0.2) is 5.82 Å². The van der Waals surface area contributed by atoms with Gasteiger partial charge >= 0.3 is 5.97 Å². The van der Waals surface area contributed by atoms with Gasteiger partial charge in [0, 0.05) is 6.20 Å². The van der Waals surface area contributed by atoms with Crippen LogP contribution in [0.1, 0.15) is 19.3 Å². The molecular formula is C14H11N5O3S. The van der Waals surface area contributed by atoms with E-state index in [0.717, 1.165) is 11.3 Å². The highest BCUT2D eigenvalue weighted by Crippen LogP contribution is 2.21.